The Morgan fingerprint density at radius 2 is 2.38 bits per heavy atom. The summed E-state index contributed by atoms with van der Waals surface area (Å²) in [6, 6.07) is 1.95. The van der Waals surface area contributed by atoms with Gasteiger partial charge in [0.2, 0.25) is 0 Å². The second-order valence-corrected chi connectivity index (χ2v) is 5.05. The molecule has 1 N–H and O–H groups in total. The van der Waals surface area contributed by atoms with Crippen LogP contribution < -0.4 is 0 Å². The second kappa shape index (κ2) is 5.00. The minimum absolute atomic E-state index is 0.329. The first-order valence-electron chi connectivity index (χ1n) is 6.42. The number of hydrogen-bond donors (Lipinski definition) is 1. The van der Waals surface area contributed by atoms with E-state index in [9.17, 15) is 5.11 Å². The maximum Gasteiger partial charge on any atom is 0.0984 e. The summed E-state index contributed by atoms with van der Waals surface area (Å²) in [5.74, 6) is 1.18. The molecular formula is C13H22N2O. The molecule has 0 amide bonds. The van der Waals surface area contributed by atoms with E-state index in [1.165, 1.54) is 12.8 Å². The van der Waals surface area contributed by atoms with Crippen LogP contribution in [0.15, 0.2) is 12.3 Å². The Balaban J connectivity index is 2.09. The number of hydrogen-bond acceptors (Lipinski definition) is 2. The number of nitrogens with zero attached hydrogens (tertiary/aromatic N) is 2. The van der Waals surface area contributed by atoms with Crippen molar-refractivity contribution in [3.63, 3.8) is 0 Å². The summed E-state index contributed by atoms with van der Waals surface area (Å²) in [7, 11) is 0. The van der Waals surface area contributed by atoms with Crippen molar-refractivity contribution in [2.24, 2.45) is 11.8 Å². The first kappa shape index (κ1) is 11.6. The zero-order chi connectivity index (χ0) is 11.5. The van der Waals surface area contributed by atoms with Crippen LogP contribution in [0.4, 0.5) is 0 Å². The van der Waals surface area contributed by atoms with E-state index < -0.39 is 0 Å². The van der Waals surface area contributed by atoms with Gasteiger partial charge in [0.1, 0.15) is 0 Å². The topological polar surface area (TPSA) is 38.0 Å². The summed E-state index contributed by atoms with van der Waals surface area (Å²) < 4.78 is 1.91. The quantitative estimate of drug-likeness (QED) is 0.854. The molecule has 1 aromatic rings. The van der Waals surface area contributed by atoms with Crippen LogP contribution in [0.3, 0.4) is 0 Å². The van der Waals surface area contributed by atoms with Gasteiger partial charge in [0.15, 0.2) is 0 Å². The van der Waals surface area contributed by atoms with Gasteiger partial charge in [-0.25, -0.2) is 0 Å². The van der Waals surface area contributed by atoms with Gasteiger partial charge in [-0.15, -0.1) is 0 Å². The molecule has 1 saturated carbocycles. The maximum absolute atomic E-state index is 10.4. The summed E-state index contributed by atoms with van der Waals surface area (Å²) in [6.45, 7) is 5.18. The fourth-order valence-corrected chi connectivity index (χ4v) is 2.87. The van der Waals surface area contributed by atoms with Gasteiger partial charge in [0, 0.05) is 12.7 Å². The summed E-state index contributed by atoms with van der Waals surface area (Å²) in [5, 5.41) is 14.6. The molecule has 0 aromatic carbocycles. The molecule has 3 nitrogen and oxygen atoms in total. The third-order valence-electron chi connectivity index (χ3n) is 3.78. The highest BCUT2D eigenvalue weighted by Crippen LogP contribution is 2.36. The Bertz CT molecular complexity index is 334. The average Bonchev–Trinajstić information content (AvgIpc) is 2.76. The molecule has 1 aromatic heterocycles. The van der Waals surface area contributed by atoms with Gasteiger partial charge in [-0.3, -0.25) is 4.68 Å². The Morgan fingerprint density at radius 1 is 1.56 bits per heavy atom. The monoisotopic (exact) mass is 222 g/mol. The average molecular weight is 222 g/mol. The number of aryl methyl sites for hydroxylation is 1. The zero-order valence-corrected chi connectivity index (χ0v) is 10.3. The van der Waals surface area contributed by atoms with Crippen molar-refractivity contribution in [1.29, 1.82) is 0 Å². The van der Waals surface area contributed by atoms with Crippen molar-refractivity contribution in [2.45, 2.75) is 52.2 Å². The van der Waals surface area contributed by atoms with E-state index in [1.54, 1.807) is 6.20 Å². The van der Waals surface area contributed by atoms with E-state index in [0.717, 1.165) is 31.0 Å². The largest absolute Gasteiger partial charge is 0.387 e. The van der Waals surface area contributed by atoms with Crippen LogP contribution >= 0.6 is 0 Å². The van der Waals surface area contributed by atoms with Crippen molar-refractivity contribution in [3.05, 3.63) is 18.0 Å². The standard InChI is InChI=1S/C13H22N2O/c1-3-15-12(7-8-14-15)13(16)11-6-4-5-10(2)9-11/h7-8,10-11,13,16H,3-6,9H2,1-2H3. The predicted molar refractivity (Wildman–Crippen MR) is 64.0 cm³/mol. The number of rotatable bonds is 3. The van der Waals surface area contributed by atoms with Crippen LogP contribution in [0.5, 0.6) is 0 Å². The highest BCUT2D eigenvalue weighted by molar-refractivity contribution is 5.06. The van der Waals surface area contributed by atoms with E-state index in [0.29, 0.717) is 5.92 Å². The molecule has 3 atom stereocenters. The predicted octanol–water partition coefficient (Wildman–Crippen LogP) is 2.76. The molecular weight excluding hydrogens is 200 g/mol. The van der Waals surface area contributed by atoms with E-state index in [2.05, 4.69) is 18.9 Å². The summed E-state index contributed by atoms with van der Waals surface area (Å²) in [5.41, 5.74) is 0.988. The van der Waals surface area contributed by atoms with E-state index >= 15 is 0 Å². The van der Waals surface area contributed by atoms with Gasteiger partial charge in [-0.2, -0.15) is 5.10 Å². The van der Waals surface area contributed by atoms with Gasteiger partial charge in [-0.05, 0) is 37.7 Å². The summed E-state index contributed by atoms with van der Waals surface area (Å²) in [4.78, 5) is 0. The minimum atomic E-state index is -0.329. The smallest absolute Gasteiger partial charge is 0.0984 e. The molecule has 0 aliphatic heterocycles. The van der Waals surface area contributed by atoms with Crippen LogP contribution in [0.2, 0.25) is 0 Å². The number of aliphatic hydroxyl groups is 1. The molecule has 1 aliphatic carbocycles. The lowest BCUT2D eigenvalue weighted by Gasteiger charge is -2.30. The fraction of sp³-hybridized carbons (Fsp3) is 0.769. The third kappa shape index (κ3) is 2.29. The van der Waals surface area contributed by atoms with E-state index in [4.69, 9.17) is 0 Å². The van der Waals surface area contributed by atoms with Crippen LogP contribution in [-0.4, -0.2) is 14.9 Å². The van der Waals surface area contributed by atoms with Crippen LogP contribution in [-0.2, 0) is 6.54 Å². The van der Waals surface area contributed by atoms with Gasteiger partial charge >= 0.3 is 0 Å². The molecule has 3 heteroatoms. The summed E-state index contributed by atoms with van der Waals surface area (Å²) in [6.07, 6.45) is 6.33. The molecule has 0 bridgehead atoms. The number of aromatic nitrogens is 2. The van der Waals surface area contributed by atoms with Crippen molar-refractivity contribution in [1.82, 2.24) is 9.78 Å². The lowest BCUT2D eigenvalue weighted by Crippen LogP contribution is -2.22. The lowest BCUT2D eigenvalue weighted by molar-refractivity contribution is 0.0642. The molecule has 1 heterocycles. The molecule has 3 unspecified atom stereocenters. The Hall–Kier alpha value is -0.830. The molecule has 0 saturated heterocycles. The van der Waals surface area contributed by atoms with E-state index in [-0.39, 0.29) is 6.10 Å². The minimum Gasteiger partial charge on any atom is -0.387 e. The van der Waals surface area contributed by atoms with Crippen molar-refractivity contribution in [2.75, 3.05) is 0 Å². The van der Waals surface area contributed by atoms with Crippen molar-refractivity contribution in [3.8, 4) is 0 Å². The first-order chi connectivity index (χ1) is 7.72. The number of aliphatic hydroxyl groups excluding tert-OH is 1. The normalized spacial score (nSPS) is 27.9. The Morgan fingerprint density at radius 3 is 3.06 bits per heavy atom. The van der Waals surface area contributed by atoms with Gasteiger partial charge < -0.3 is 5.11 Å². The molecule has 90 valence electrons. The van der Waals surface area contributed by atoms with E-state index in [1.807, 2.05) is 10.7 Å². The fourth-order valence-electron chi connectivity index (χ4n) is 2.87. The van der Waals surface area contributed by atoms with Crippen molar-refractivity contribution >= 4 is 0 Å². The van der Waals surface area contributed by atoms with Crippen LogP contribution in [0, 0.1) is 11.8 Å². The Kier molecular flexibility index (Phi) is 3.64. The van der Waals surface area contributed by atoms with Gasteiger partial charge in [0.25, 0.3) is 0 Å². The molecule has 16 heavy (non-hydrogen) atoms. The second-order valence-electron chi connectivity index (χ2n) is 5.05. The van der Waals surface area contributed by atoms with Crippen molar-refractivity contribution < 1.29 is 5.11 Å². The first-order valence-corrected chi connectivity index (χ1v) is 6.42. The van der Waals surface area contributed by atoms with Crippen LogP contribution in [0.1, 0.15) is 51.3 Å². The molecule has 2 rings (SSSR count). The highest BCUT2D eigenvalue weighted by atomic mass is 16.3. The zero-order valence-electron chi connectivity index (χ0n) is 10.3. The molecule has 0 spiro atoms. The Labute approximate surface area is 97.5 Å². The molecule has 1 fully saturated rings. The molecule has 0 radical (unpaired) electrons. The van der Waals surface area contributed by atoms with Crippen LogP contribution in [0.25, 0.3) is 0 Å². The highest BCUT2D eigenvalue weighted by Gasteiger charge is 2.27. The van der Waals surface area contributed by atoms with Gasteiger partial charge in [-0.1, -0.05) is 19.8 Å². The lowest BCUT2D eigenvalue weighted by atomic mass is 9.79. The van der Waals surface area contributed by atoms with Gasteiger partial charge in [0.05, 0.1) is 11.8 Å². The third-order valence-corrected chi connectivity index (χ3v) is 3.78. The maximum atomic E-state index is 10.4. The SMILES string of the molecule is CCn1nccc1C(O)C1CCCC(C)C1. The summed E-state index contributed by atoms with van der Waals surface area (Å²) >= 11 is 0. The molecule has 1 aliphatic rings.